The van der Waals surface area contributed by atoms with E-state index in [1.807, 2.05) is 0 Å². The molecule has 1 amide bonds. The number of nitro groups is 1. The number of carbonyl (C=O) groups excluding carboxylic acids is 1. The van der Waals surface area contributed by atoms with Gasteiger partial charge in [0.2, 0.25) is 0 Å². The molecule has 0 saturated heterocycles. The number of carboxylic acid groups (broad SMARTS) is 1. The van der Waals surface area contributed by atoms with E-state index in [9.17, 15) is 19.7 Å². The van der Waals surface area contributed by atoms with Gasteiger partial charge in [-0.3, -0.25) is 14.9 Å². The predicted molar refractivity (Wildman–Crippen MR) is 81.0 cm³/mol. The minimum absolute atomic E-state index is 0.0316. The molecule has 8 heteroatoms. The van der Waals surface area contributed by atoms with Crippen LogP contribution in [0, 0.1) is 10.1 Å². The van der Waals surface area contributed by atoms with Gasteiger partial charge in [-0.15, -0.1) is 0 Å². The number of hydrogen-bond donors (Lipinski definition) is 2. The molecule has 118 valence electrons. The van der Waals surface area contributed by atoms with E-state index in [1.54, 1.807) is 12.1 Å². The summed E-state index contributed by atoms with van der Waals surface area (Å²) in [7, 11) is 1.45. The van der Waals surface area contributed by atoms with E-state index in [4.69, 9.17) is 9.84 Å². The van der Waals surface area contributed by atoms with Gasteiger partial charge < -0.3 is 15.2 Å². The maximum atomic E-state index is 12.2. The van der Waals surface area contributed by atoms with Gasteiger partial charge in [-0.1, -0.05) is 6.07 Å². The zero-order valence-corrected chi connectivity index (χ0v) is 12.0. The summed E-state index contributed by atoms with van der Waals surface area (Å²) in [5, 5.41) is 22.3. The van der Waals surface area contributed by atoms with Crippen LogP contribution in [0.1, 0.15) is 20.7 Å². The van der Waals surface area contributed by atoms with Crippen molar-refractivity contribution in [1.82, 2.24) is 0 Å². The van der Waals surface area contributed by atoms with E-state index in [1.165, 1.54) is 25.3 Å². The van der Waals surface area contributed by atoms with E-state index in [2.05, 4.69) is 5.32 Å². The summed E-state index contributed by atoms with van der Waals surface area (Å²) in [5.41, 5.74) is -0.507. The lowest BCUT2D eigenvalue weighted by molar-refractivity contribution is -0.384. The molecule has 23 heavy (non-hydrogen) atoms. The number of nitrogens with zero attached hydrogens (tertiary/aromatic N) is 1. The number of ether oxygens (including phenoxy) is 1. The molecule has 0 fully saturated rings. The van der Waals surface area contributed by atoms with Crippen LogP contribution >= 0.6 is 0 Å². The minimum Gasteiger partial charge on any atom is -0.497 e. The highest BCUT2D eigenvalue weighted by Crippen LogP contribution is 2.23. The number of benzene rings is 2. The Kier molecular flexibility index (Phi) is 4.55. The van der Waals surface area contributed by atoms with Crippen molar-refractivity contribution in [3.05, 3.63) is 63.7 Å². The topological polar surface area (TPSA) is 119 Å². The van der Waals surface area contributed by atoms with Crippen LogP contribution in [-0.2, 0) is 0 Å². The average molecular weight is 316 g/mol. The molecule has 0 aromatic heterocycles. The first-order valence-electron chi connectivity index (χ1n) is 6.39. The number of rotatable bonds is 5. The fourth-order valence-electron chi connectivity index (χ4n) is 1.89. The summed E-state index contributed by atoms with van der Waals surface area (Å²) in [4.78, 5) is 33.4. The summed E-state index contributed by atoms with van der Waals surface area (Å²) in [5.74, 6) is -1.46. The highest BCUT2D eigenvalue weighted by atomic mass is 16.6. The maximum absolute atomic E-state index is 12.2. The number of nitrogens with one attached hydrogen (secondary N) is 1. The van der Waals surface area contributed by atoms with Crippen LogP contribution in [0.25, 0.3) is 0 Å². The standard InChI is InChI=1S/C15H12N2O6/c1-23-11-4-2-3-9(7-11)14(18)16-13-6-5-10(17(21)22)8-12(13)15(19)20/h2-8H,1H3,(H,16,18)(H,19,20). The summed E-state index contributed by atoms with van der Waals surface area (Å²) in [6, 6.07) is 9.48. The molecule has 0 atom stereocenters. The van der Waals surface area contributed by atoms with Crippen LogP contribution in [0.4, 0.5) is 11.4 Å². The second kappa shape index (κ2) is 6.56. The Morgan fingerprint density at radius 1 is 1.22 bits per heavy atom. The van der Waals surface area contributed by atoms with Crippen LogP contribution in [0.15, 0.2) is 42.5 Å². The van der Waals surface area contributed by atoms with Gasteiger partial charge in [0.05, 0.1) is 23.3 Å². The fourth-order valence-corrected chi connectivity index (χ4v) is 1.89. The summed E-state index contributed by atoms with van der Waals surface area (Å²) >= 11 is 0. The third kappa shape index (κ3) is 3.62. The van der Waals surface area contributed by atoms with Crippen molar-refractivity contribution >= 4 is 23.3 Å². The van der Waals surface area contributed by atoms with Crippen LogP contribution in [-0.4, -0.2) is 29.0 Å². The maximum Gasteiger partial charge on any atom is 0.338 e. The molecule has 0 unspecified atom stereocenters. The summed E-state index contributed by atoms with van der Waals surface area (Å²) in [6.45, 7) is 0. The Labute approximate surface area is 130 Å². The molecule has 2 aromatic rings. The average Bonchev–Trinajstić information content (AvgIpc) is 2.54. The summed E-state index contributed by atoms with van der Waals surface area (Å²) in [6.07, 6.45) is 0. The zero-order valence-electron chi connectivity index (χ0n) is 12.0. The van der Waals surface area contributed by atoms with Gasteiger partial charge in [-0.05, 0) is 24.3 Å². The normalized spacial score (nSPS) is 9.96. The van der Waals surface area contributed by atoms with E-state index in [-0.39, 0.29) is 22.5 Å². The third-order valence-electron chi connectivity index (χ3n) is 3.02. The zero-order chi connectivity index (χ0) is 17.0. The Morgan fingerprint density at radius 3 is 2.57 bits per heavy atom. The lowest BCUT2D eigenvalue weighted by atomic mass is 10.1. The molecule has 0 bridgehead atoms. The van der Waals surface area contributed by atoms with Crippen molar-refractivity contribution in [2.24, 2.45) is 0 Å². The monoisotopic (exact) mass is 316 g/mol. The smallest absolute Gasteiger partial charge is 0.338 e. The lowest BCUT2D eigenvalue weighted by Crippen LogP contribution is -2.15. The number of carbonyl (C=O) groups is 2. The summed E-state index contributed by atoms with van der Waals surface area (Å²) < 4.78 is 5.01. The van der Waals surface area contributed by atoms with E-state index >= 15 is 0 Å². The van der Waals surface area contributed by atoms with Crippen molar-refractivity contribution in [2.45, 2.75) is 0 Å². The molecule has 0 heterocycles. The first-order chi connectivity index (χ1) is 10.9. The SMILES string of the molecule is COc1cccc(C(=O)Nc2ccc([N+](=O)[O-])cc2C(=O)O)c1. The Balaban J connectivity index is 2.33. The second-order valence-electron chi connectivity index (χ2n) is 4.48. The number of anilines is 1. The highest BCUT2D eigenvalue weighted by Gasteiger charge is 2.18. The molecule has 0 aliphatic heterocycles. The van der Waals surface area contributed by atoms with Crippen LogP contribution < -0.4 is 10.1 Å². The van der Waals surface area contributed by atoms with Crippen molar-refractivity contribution in [3.63, 3.8) is 0 Å². The van der Waals surface area contributed by atoms with E-state index in [0.29, 0.717) is 5.75 Å². The number of aromatic carboxylic acids is 1. The van der Waals surface area contributed by atoms with Gasteiger partial charge in [0, 0.05) is 17.7 Å². The first-order valence-corrected chi connectivity index (χ1v) is 6.39. The Bertz CT molecular complexity index is 787. The molecular weight excluding hydrogens is 304 g/mol. The molecule has 0 aliphatic carbocycles. The number of nitro benzene ring substituents is 1. The molecule has 0 spiro atoms. The molecule has 0 aliphatic rings. The number of non-ortho nitro benzene ring substituents is 1. The van der Waals surface area contributed by atoms with Gasteiger partial charge in [0.1, 0.15) is 5.75 Å². The van der Waals surface area contributed by atoms with Crippen LogP contribution in [0.5, 0.6) is 5.75 Å². The quantitative estimate of drug-likeness (QED) is 0.646. The highest BCUT2D eigenvalue weighted by molar-refractivity contribution is 6.08. The second-order valence-corrected chi connectivity index (χ2v) is 4.48. The predicted octanol–water partition coefficient (Wildman–Crippen LogP) is 2.55. The van der Waals surface area contributed by atoms with Gasteiger partial charge in [-0.2, -0.15) is 0 Å². The number of methoxy groups -OCH3 is 1. The van der Waals surface area contributed by atoms with Gasteiger partial charge >= 0.3 is 5.97 Å². The molecule has 2 rings (SSSR count). The van der Waals surface area contributed by atoms with Crippen molar-refractivity contribution < 1.29 is 24.4 Å². The minimum atomic E-state index is -1.38. The first kappa shape index (κ1) is 16.0. The van der Waals surface area contributed by atoms with Crippen molar-refractivity contribution in [2.75, 3.05) is 12.4 Å². The fraction of sp³-hybridized carbons (Fsp3) is 0.0667. The Morgan fingerprint density at radius 2 is 1.96 bits per heavy atom. The molecule has 0 saturated carbocycles. The van der Waals surface area contributed by atoms with Gasteiger partial charge in [0.15, 0.2) is 0 Å². The molecule has 0 radical (unpaired) electrons. The van der Waals surface area contributed by atoms with Crippen LogP contribution in [0.3, 0.4) is 0 Å². The number of amides is 1. The number of carboxylic acids is 1. The molecular formula is C15H12N2O6. The van der Waals surface area contributed by atoms with Crippen molar-refractivity contribution in [1.29, 1.82) is 0 Å². The molecule has 8 nitrogen and oxygen atoms in total. The van der Waals surface area contributed by atoms with E-state index < -0.39 is 16.8 Å². The molecule has 2 N–H and O–H groups in total. The largest absolute Gasteiger partial charge is 0.497 e. The van der Waals surface area contributed by atoms with Gasteiger partial charge in [-0.25, -0.2) is 4.79 Å². The molecule has 2 aromatic carbocycles. The van der Waals surface area contributed by atoms with Gasteiger partial charge in [0.25, 0.3) is 11.6 Å². The lowest BCUT2D eigenvalue weighted by Gasteiger charge is -2.09. The number of hydrogen-bond acceptors (Lipinski definition) is 5. The van der Waals surface area contributed by atoms with Crippen LogP contribution in [0.2, 0.25) is 0 Å². The van der Waals surface area contributed by atoms with Crippen molar-refractivity contribution in [3.8, 4) is 5.75 Å². The Hall–Kier alpha value is -3.42. The third-order valence-corrected chi connectivity index (χ3v) is 3.02. The van der Waals surface area contributed by atoms with E-state index in [0.717, 1.165) is 12.1 Å².